The Balaban J connectivity index is 1.77. The highest BCUT2D eigenvalue weighted by atomic mass is 16.2. The van der Waals surface area contributed by atoms with Crippen molar-refractivity contribution in [3.05, 3.63) is 33.7 Å². The van der Waals surface area contributed by atoms with Crippen molar-refractivity contribution in [1.29, 1.82) is 0 Å². The molecule has 3 N–H and O–H groups in total. The minimum absolute atomic E-state index is 0.0292. The maximum absolute atomic E-state index is 13.6. The summed E-state index contributed by atoms with van der Waals surface area (Å²) in [6.45, 7) is 4.03. The molecule has 4 rings (SSSR count). The van der Waals surface area contributed by atoms with Crippen molar-refractivity contribution in [2.75, 3.05) is 0 Å². The number of fused-ring (bicyclic) bond motifs is 1. The molecule has 0 unspecified atom stereocenters. The number of carbonyl (C=O) groups excluding carboxylic acids is 2. The lowest BCUT2D eigenvalue weighted by Gasteiger charge is -2.28. The molecule has 0 radical (unpaired) electrons. The van der Waals surface area contributed by atoms with Crippen LogP contribution in [0.4, 0.5) is 4.79 Å². The molecule has 1 heterocycles. The van der Waals surface area contributed by atoms with Crippen LogP contribution >= 0.6 is 0 Å². The molecule has 0 spiro atoms. The Morgan fingerprint density at radius 3 is 2.23 bits per heavy atom. The fourth-order valence-electron chi connectivity index (χ4n) is 5.54. The first-order valence-corrected chi connectivity index (χ1v) is 11.7. The highest BCUT2D eigenvalue weighted by molar-refractivity contribution is 5.94. The van der Waals surface area contributed by atoms with Crippen LogP contribution in [0, 0.1) is 19.8 Å². The van der Waals surface area contributed by atoms with Gasteiger partial charge in [0.15, 0.2) is 0 Å². The van der Waals surface area contributed by atoms with Gasteiger partial charge in [-0.3, -0.25) is 9.36 Å². The summed E-state index contributed by atoms with van der Waals surface area (Å²) in [5, 5.41) is 2.82. The topological polar surface area (TPSA) is 99.1 Å². The van der Waals surface area contributed by atoms with Crippen molar-refractivity contribution >= 4 is 23.0 Å². The third-order valence-corrected chi connectivity index (χ3v) is 7.41. The first kappa shape index (κ1) is 21.7. The van der Waals surface area contributed by atoms with Crippen molar-refractivity contribution in [3.8, 4) is 0 Å². The number of aryl methyl sites for hydroxylation is 2. The molecule has 0 saturated heterocycles. The van der Waals surface area contributed by atoms with E-state index in [1.807, 2.05) is 30.5 Å². The predicted molar refractivity (Wildman–Crippen MR) is 121 cm³/mol. The Morgan fingerprint density at radius 2 is 1.61 bits per heavy atom. The SMILES string of the molecule is Cc1ccc2c(c1C)n(C1CCCCC1)c(=O)n2C(=O)N[C@H](C(N)=O)C1CCCCC1. The molecule has 2 aromatic rings. The van der Waals surface area contributed by atoms with E-state index in [0.717, 1.165) is 74.4 Å². The highest BCUT2D eigenvalue weighted by Crippen LogP contribution is 2.32. The summed E-state index contributed by atoms with van der Waals surface area (Å²) >= 11 is 0. The first-order valence-electron chi connectivity index (χ1n) is 11.7. The standard InChI is InChI=1S/C24H34N4O3/c1-15-13-14-19-21(16(15)2)27(18-11-7-4-8-12-18)24(31)28(19)23(30)26-20(22(25)29)17-9-5-3-6-10-17/h13-14,17-18,20H,3-12H2,1-2H3,(H2,25,29)(H,26,30)/t20-/m0/s1. The molecule has 0 bridgehead atoms. The van der Waals surface area contributed by atoms with Crippen LogP contribution in [0.2, 0.25) is 0 Å². The molecular weight excluding hydrogens is 392 g/mol. The zero-order valence-electron chi connectivity index (χ0n) is 18.7. The lowest BCUT2D eigenvalue weighted by Crippen LogP contribution is -2.52. The molecule has 2 amide bonds. The molecule has 2 aliphatic rings. The second-order valence-corrected chi connectivity index (χ2v) is 9.38. The van der Waals surface area contributed by atoms with Crippen LogP contribution < -0.4 is 16.7 Å². The van der Waals surface area contributed by atoms with Gasteiger partial charge in [0.1, 0.15) is 6.04 Å². The Hall–Kier alpha value is -2.57. The number of rotatable bonds is 4. The molecule has 7 heteroatoms. The normalized spacial score (nSPS) is 19.4. The molecule has 168 valence electrons. The van der Waals surface area contributed by atoms with Gasteiger partial charge in [-0.1, -0.05) is 44.6 Å². The van der Waals surface area contributed by atoms with E-state index in [-0.39, 0.29) is 17.6 Å². The lowest BCUT2D eigenvalue weighted by atomic mass is 9.83. The van der Waals surface area contributed by atoms with E-state index in [1.165, 1.54) is 11.0 Å². The van der Waals surface area contributed by atoms with Crippen LogP contribution in [-0.2, 0) is 4.79 Å². The molecule has 0 aliphatic heterocycles. The van der Waals surface area contributed by atoms with Gasteiger partial charge in [0.05, 0.1) is 11.0 Å². The number of aromatic nitrogens is 2. The number of amides is 2. The molecule has 1 aromatic carbocycles. The molecular formula is C24H34N4O3. The van der Waals surface area contributed by atoms with E-state index in [2.05, 4.69) is 5.32 Å². The van der Waals surface area contributed by atoms with Crippen LogP contribution in [-0.4, -0.2) is 27.1 Å². The van der Waals surface area contributed by atoms with E-state index in [9.17, 15) is 14.4 Å². The van der Waals surface area contributed by atoms with Crippen LogP contribution in [0.25, 0.3) is 11.0 Å². The summed E-state index contributed by atoms with van der Waals surface area (Å²) in [5.41, 5.74) is 8.89. The van der Waals surface area contributed by atoms with E-state index in [1.54, 1.807) is 0 Å². The van der Waals surface area contributed by atoms with Gasteiger partial charge in [-0.15, -0.1) is 0 Å². The minimum Gasteiger partial charge on any atom is -0.368 e. The third-order valence-electron chi connectivity index (χ3n) is 7.41. The maximum Gasteiger partial charge on any atom is 0.337 e. The van der Waals surface area contributed by atoms with Gasteiger partial charge in [-0.2, -0.15) is 0 Å². The van der Waals surface area contributed by atoms with E-state index in [0.29, 0.717) is 5.52 Å². The number of primary amides is 1. The summed E-state index contributed by atoms with van der Waals surface area (Å²) in [4.78, 5) is 39.1. The minimum atomic E-state index is -0.751. The Kier molecular flexibility index (Phi) is 6.21. The van der Waals surface area contributed by atoms with E-state index < -0.39 is 18.0 Å². The van der Waals surface area contributed by atoms with E-state index >= 15 is 0 Å². The Bertz CT molecular complexity index is 1040. The second-order valence-electron chi connectivity index (χ2n) is 9.38. The predicted octanol–water partition coefficient (Wildman–Crippen LogP) is 3.92. The highest BCUT2D eigenvalue weighted by Gasteiger charge is 2.32. The number of hydrogen-bond acceptors (Lipinski definition) is 3. The van der Waals surface area contributed by atoms with Gasteiger partial charge in [0.25, 0.3) is 0 Å². The number of imidazole rings is 1. The van der Waals surface area contributed by atoms with Gasteiger partial charge in [-0.25, -0.2) is 14.2 Å². The number of carbonyl (C=O) groups is 2. The molecule has 2 aliphatic carbocycles. The van der Waals surface area contributed by atoms with E-state index in [4.69, 9.17) is 5.73 Å². The average molecular weight is 427 g/mol. The van der Waals surface area contributed by atoms with Crippen LogP contribution in [0.5, 0.6) is 0 Å². The summed E-state index contributed by atoms with van der Waals surface area (Å²) in [7, 11) is 0. The number of hydrogen-bond donors (Lipinski definition) is 2. The molecule has 1 aromatic heterocycles. The van der Waals surface area contributed by atoms with Crippen molar-refractivity contribution in [3.63, 3.8) is 0 Å². The van der Waals surface area contributed by atoms with Crippen molar-refractivity contribution in [2.45, 2.75) is 90.1 Å². The number of nitrogens with one attached hydrogen (secondary N) is 1. The molecule has 31 heavy (non-hydrogen) atoms. The summed E-state index contributed by atoms with van der Waals surface area (Å²) < 4.78 is 3.05. The number of nitrogens with two attached hydrogens (primary N) is 1. The lowest BCUT2D eigenvalue weighted by molar-refractivity contribution is -0.121. The number of nitrogens with zero attached hydrogens (tertiary/aromatic N) is 2. The van der Waals surface area contributed by atoms with Crippen LogP contribution in [0.3, 0.4) is 0 Å². The smallest absolute Gasteiger partial charge is 0.337 e. The van der Waals surface area contributed by atoms with Crippen LogP contribution in [0.15, 0.2) is 16.9 Å². The zero-order valence-corrected chi connectivity index (χ0v) is 18.7. The second kappa shape index (κ2) is 8.89. The monoisotopic (exact) mass is 426 g/mol. The quantitative estimate of drug-likeness (QED) is 0.775. The fraction of sp³-hybridized carbons (Fsp3) is 0.625. The summed E-state index contributed by atoms with van der Waals surface area (Å²) in [5.74, 6) is -0.502. The average Bonchev–Trinajstić information content (AvgIpc) is 3.08. The summed E-state index contributed by atoms with van der Waals surface area (Å²) in [6, 6.07) is 2.58. The Morgan fingerprint density at radius 1 is 1.00 bits per heavy atom. The third kappa shape index (κ3) is 4.02. The van der Waals surface area contributed by atoms with Gasteiger partial charge in [0.2, 0.25) is 5.91 Å². The molecule has 7 nitrogen and oxygen atoms in total. The number of benzene rings is 1. The van der Waals surface area contributed by atoms with Crippen molar-refractivity contribution < 1.29 is 9.59 Å². The molecule has 2 fully saturated rings. The van der Waals surface area contributed by atoms with Gasteiger partial charge >= 0.3 is 11.7 Å². The Labute approximate surface area is 183 Å². The van der Waals surface area contributed by atoms with Crippen LogP contribution in [0.1, 0.15) is 81.4 Å². The fourth-order valence-corrected chi connectivity index (χ4v) is 5.54. The first-order chi connectivity index (χ1) is 14.9. The van der Waals surface area contributed by atoms with Gasteiger partial charge in [-0.05, 0) is 62.6 Å². The zero-order chi connectivity index (χ0) is 22.1. The molecule has 2 saturated carbocycles. The molecule has 1 atom stereocenters. The van der Waals surface area contributed by atoms with Gasteiger partial charge in [0, 0.05) is 6.04 Å². The largest absolute Gasteiger partial charge is 0.368 e. The van der Waals surface area contributed by atoms with Gasteiger partial charge < -0.3 is 11.1 Å². The maximum atomic E-state index is 13.6. The summed E-state index contributed by atoms with van der Waals surface area (Å²) in [6.07, 6.45) is 10.2. The van der Waals surface area contributed by atoms with Crippen molar-refractivity contribution in [1.82, 2.24) is 14.5 Å². The van der Waals surface area contributed by atoms with Crippen molar-refractivity contribution in [2.24, 2.45) is 11.7 Å².